The van der Waals surface area contributed by atoms with Gasteiger partial charge in [-0.05, 0) is 53.1 Å². The quantitative estimate of drug-likeness (QED) is 0.166. The fraction of sp³-hybridized carbons (Fsp3) is 0.256. The standard InChI is InChI=1S/C22H20NO.C21H21N2.Ir/c1-22(2,3)14-15-11-12-23-19(13-15)18-9-6-8-17-16-7-4-5-10-20(16)24-21(17)18;1-21(2,3)13-15-12-17-10-7-11-18-19(17)23(14-15)20(22-18)16-8-5-4-6-9-16;/h4-8,10-13H,14H2,1-3H3;4-8,10-12H,13-14H2,1-3H3;/q2*-1;. The van der Waals surface area contributed by atoms with Crippen LogP contribution < -0.4 is 0 Å². The summed E-state index contributed by atoms with van der Waals surface area (Å²) in [5.74, 6) is 1.02. The van der Waals surface area contributed by atoms with E-state index in [4.69, 9.17) is 9.40 Å². The molecule has 7 aromatic rings. The number of rotatable bonds is 4. The van der Waals surface area contributed by atoms with Crippen LogP contribution in [0.25, 0.3) is 61.7 Å². The number of benzene rings is 4. The zero-order valence-electron chi connectivity index (χ0n) is 28.5. The van der Waals surface area contributed by atoms with Gasteiger partial charge >= 0.3 is 0 Å². The maximum Gasteiger partial charge on any atom is 0.120 e. The van der Waals surface area contributed by atoms with Crippen molar-refractivity contribution in [1.29, 1.82) is 0 Å². The zero-order valence-corrected chi connectivity index (χ0v) is 30.9. The van der Waals surface area contributed by atoms with Crippen molar-refractivity contribution in [2.75, 3.05) is 0 Å². The van der Waals surface area contributed by atoms with Crippen molar-refractivity contribution >= 4 is 39.0 Å². The molecule has 1 aliphatic heterocycles. The number of allylic oxidation sites excluding steroid dienone is 1. The van der Waals surface area contributed by atoms with Crippen molar-refractivity contribution < 1.29 is 24.5 Å². The predicted molar refractivity (Wildman–Crippen MR) is 195 cm³/mol. The number of hydrogen-bond acceptors (Lipinski definition) is 3. The number of aromatic nitrogens is 3. The first-order chi connectivity index (χ1) is 22.5. The topological polar surface area (TPSA) is 43.9 Å². The van der Waals surface area contributed by atoms with Gasteiger partial charge in [0.25, 0.3) is 0 Å². The summed E-state index contributed by atoms with van der Waals surface area (Å²) < 4.78 is 8.47. The van der Waals surface area contributed by atoms with E-state index in [2.05, 4.69) is 118 Å². The van der Waals surface area contributed by atoms with Crippen LogP contribution in [0.2, 0.25) is 0 Å². The van der Waals surface area contributed by atoms with E-state index < -0.39 is 0 Å². The van der Waals surface area contributed by atoms with Crippen LogP contribution in [0.15, 0.2) is 107 Å². The van der Waals surface area contributed by atoms with Gasteiger partial charge in [0.2, 0.25) is 0 Å². The molecule has 0 bridgehead atoms. The molecule has 4 nitrogen and oxygen atoms in total. The monoisotopic (exact) mass is 808 g/mol. The van der Waals surface area contributed by atoms with Crippen molar-refractivity contribution in [3.05, 3.63) is 126 Å². The fourth-order valence-corrected chi connectivity index (χ4v) is 6.69. The largest absolute Gasteiger partial charge is 0.501 e. The van der Waals surface area contributed by atoms with Crippen LogP contribution in [-0.2, 0) is 33.1 Å². The molecule has 0 amide bonds. The molecule has 4 aromatic carbocycles. The summed E-state index contributed by atoms with van der Waals surface area (Å²) in [5.41, 5.74) is 11.6. The number of para-hydroxylation sites is 2. The Morgan fingerprint density at radius 1 is 0.792 bits per heavy atom. The molecule has 48 heavy (non-hydrogen) atoms. The van der Waals surface area contributed by atoms with Gasteiger partial charge in [0, 0.05) is 38.2 Å². The van der Waals surface area contributed by atoms with Crippen LogP contribution in [0.4, 0.5) is 0 Å². The average Bonchev–Trinajstić information content (AvgIpc) is 3.60. The Morgan fingerprint density at radius 2 is 1.58 bits per heavy atom. The normalized spacial score (nSPS) is 12.8. The molecule has 0 spiro atoms. The Bertz CT molecular complexity index is 2240. The minimum atomic E-state index is 0. The second-order valence-corrected chi connectivity index (χ2v) is 15.0. The van der Waals surface area contributed by atoms with Gasteiger partial charge in [-0.1, -0.05) is 106 Å². The SMILES string of the molecule is CC(C)(C)CC1=Cc2cccc3nc(-c4[c-]cccc4)n(c23)C1.CC(C)(C)Cc1ccnc(-c2[c-]ccc3c2oc2ccccc23)c1.[Ir]. The predicted octanol–water partition coefficient (Wildman–Crippen LogP) is 11.4. The van der Waals surface area contributed by atoms with E-state index in [0.717, 1.165) is 69.5 Å². The van der Waals surface area contributed by atoms with Crippen molar-refractivity contribution in [3.8, 4) is 22.6 Å². The van der Waals surface area contributed by atoms with Gasteiger partial charge in [-0.3, -0.25) is 4.98 Å². The Labute approximate surface area is 297 Å². The van der Waals surface area contributed by atoms with Gasteiger partial charge in [-0.25, -0.2) is 0 Å². The van der Waals surface area contributed by atoms with E-state index in [1.54, 1.807) is 0 Å². The summed E-state index contributed by atoms with van der Waals surface area (Å²) in [5, 5.41) is 2.25. The van der Waals surface area contributed by atoms with E-state index >= 15 is 0 Å². The first kappa shape index (κ1) is 33.6. The summed E-state index contributed by atoms with van der Waals surface area (Å²) in [7, 11) is 0. The molecule has 1 aliphatic rings. The molecular formula is C43H41IrN3O-2. The van der Waals surface area contributed by atoms with Gasteiger partial charge < -0.3 is 14.0 Å². The molecule has 8 rings (SSSR count). The Morgan fingerprint density at radius 3 is 2.35 bits per heavy atom. The summed E-state index contributed by atoms with van der Waals surface area (Å²) in [6.45, 7) is 14.6. The minimum absolute atomic E-state index is 0. The number of fused-ring (bicyclic) bond motifs is 3. The average molecular weight is 808 g/mol. The van der Waals surface area contributed by atoms with Crippen LogP contribution in [0.5, 0.6) is 0 Å². The van der Waals surface area contributed by atoms with Crippen molar-refractivity contribution in [2.45, 2.75) is 60.9 Å². The molecule has 0 fully saturated rings. The third-order valence-electron chi connectivity index (χ3n) is 8.38. The Balaban J connectivity index is 0.000000164. The second kappa shape index (κ2) is 13.3. The molecule has 0 atom stereocenters. The number of nitrogens with zero attached hydrogens (tertiary/aromatic N) is 3. The summed E-state index contributed by atoms with van der Waals surface area (Å²) in [6.07, 6.45) is 6.34. The first-order valence-electron chi connectivity index (χ1n) is 16.5. The third kappa shape index (κ3) is 7.09. The molecule has 5 heteroatoms. The summed E-state index contributed by atoms with van der Waals surface area (Å²) >= 11 is 0. The van der Waals surface area contributed by atoms with E-state index in [1.807, 2.05) is 48.7 Å². The van der Waals surface area contributed by atoms with Crippen molar-refractivity contribution in [2.24, 2.45) is 10.8 Å². The maximum absolute atomic E-state index is 6.11. The Hall–Kier alpha value is -4.31. The molecule has 245 valence electrons. The molecular weight excluding hydrogens is 767 g/mol. The van der Waals surface area contributed by atoms with Crippen LogP contribution in [0.1, 0.15) is 59.1 Å². The fourth-order valence-electron chi connectivity index (χ4n) is 6.69. The van der Waals surface area contributed by atoms with Gasteiger partial charge in [0.15, 0.2) is 0 Å². The van der Waals surface area contributed by atoms with Crippen LogP contribution in [-0.4, -0.2) is 14.5 Å². The van der Waals surface area contributed by atoms with E-state index in [-0.39, 0.29) is 30.9 Å². The zero-order chi connectivity index (χ0) is 32.8. The number of pyridine rings is 1. The number of hydrogen-bond donors (Lipinski definition) is 0. The van der Waals surface area contributed by atoms with E-state index in [1.165, 1.54) is 22.2 Å². The molecule has 0 unspecified atom stereocenters. The van der Waals surface area contributed by atoms with E-state index in [0.29, 0.717) is 0 Å². The smallest absolute Gasteiger partial charge is 0.120 e. The van der Waals surface area contributed by atoms with Gasteiger partial charge in [-0.15, -0.1) is 54.1 Å². The summed E-state index contributed by atoms with van der Waals surface area (Å²) in [4.78, 5) is 9.45. The van der Waals surface area contributed by atoms with Crippen LogP contribution >= 0.6 is 0 Å². The summed E-state index contributed by atoms with van der Waals surface area (Å²) in [6, 6.07) is 37.5. The van der Waals surface area contributed by atoms with Crippen LogP contribution in [0, 0.1) is 23.0 Å². The van der Waals surface area contributed by atoms with Crippen molar-refractivity contribution in [1.82, 2.24) is 14.5 Å². The molecule has 0 aliphatic carbocycles. The van der Waals surface area contributed by atoms with Crippen LogP contribution in [0.3, 0.4) is 0 Å². The first-order valence-corrected chi connectivity index (χ1v) is 16.5. The number of furan rings is 1. The third-order valence-corrected chi connectivity index (χ3v) is 8.38. The molecule has 3 aromatic heterocycles. The molecule has 0 N–H and O–H groups in total. The van der Waals surface area contributed by atoms with Gasteiger partial charge in [0.05, 0.1) is 22.4 Å². The second-order valence-electron chi connectivity index (χ2n) is 15.0. The van der Waals surface area contributed by atoms with Crippen molar-refractivity contribution in [3.63, 3.8) is 0 Å². The number of imidazole rings is 1. The molecule has 0 saturated heterocycles. The Kier molecular flexibility index (Phi) is 9.31. The molecule has 0 saturated carbocycles. The van der Waals surface area contributed by atoms with E-state index in [9.17, 15) is 0 Å². The van der Waals surface area contributed by atoms with Gasteiger partial charge in [-0.2, -0.15) is 0 Å². The van der Waals surface area contributed by atoms with Gasteiger partial charge in [0.1, 0.15) is 5.58 Å². The minimum Gasteiger partial charge on any atom is -0.501 e. The molecule has 4 heterocycles. The molecule has 1 radical (unpaired) electrons. The maximum atomic E-state index is 6.11.